The van der Waals surface area contributed by atoms with Gasteiger partial charge in [-0.3, -0.25) is 14.7 Å². The third-order valence-electron chi connectivity index (χ3n) is 2.99. The summed E-state index contributed by atoms with van der Waals surface area (Å²) in [5.74, 6) is 5.97. The highest BCUT2D eigenvalue weighted by Gasteiger charge is 2.10. The maximum atomic E-state index is 11.7. The maximum Gasteiger partial charge on any atom is 0.252 e. The van der Waals surface area contributed by atoms with Crippen molar-refractivity contribution >= 4 is 5.91 Å². The lowest BCUT2D eigenvalue weighted by Gasteiger charge is -2.28. The molecule has 20 heavy (non-hydrogen) atoms. The summed E-state index contributed by atoms with van der Waals surface area (Å²) in [5.41, 5.74) is 0.604. The smallest absolute Gasteiger partial charge is 0.252 e. The molecule has 0 unspecified atom stereocenters. The largest absolute Gasteiger partial charge is 0.341 e. The molecule has 0 aliphatic rings. The first-order valence-corrected chi connectivity index (χ1v) is 6.92. The molecule has 0 saturated heterocycles. The molecule has 0 atom stereocenters. The third-order valence-corrected chi connectivity index (χ3v) is 2.99. The van der Waals surface area contributed by atoms with Gasteiger partial charge in [0.25, 0.3) is 5.91 Å². The highest BCUT2D eigenvalue weighted by molar-refractivity contribution is 5.94. The zero-order valence-corrected chi connectivity index (χ0v) is 12.7. The summed E-state index contributed by atoms with van der Waals surface area (Å²) in [6.45, 7) is 9.73. The number of hydrogen-bond acceptors (Lipinski definition) is 3. The van der Waals surface area contributed by atoms with Crippen molar-refractivity contribution in [2.75, 3.05) is 13.1 Å². The molecule has 1 amide bonds. The Kier molecular flexibility index (Phi) is 6.75. The molecule has 1 N–H and O–H groups in total. The second kappa shape index (κ2) is 8.34. The van der Waals surface area contributed by atoms with Crippen molar-refractivity contribution in [3.8, 4) is 11.8 Å². The molecular formula is C16H23N3O. The summed E-state index contributed by atoms with van der Waals surface area (Å²) in [5, 5.41) is 2.77. The number of nitrogens with one attached hydrogen (secondary N) is 1. The number of hydrogen-bond donors (Lipinski definition) is 1. The van der Waals surface area contributed by atoms with Crippen molar-refractivity contribution in [3.63, 3.8) is 0 Å². The predicted octanol–water partition coefficient (Wildman–Crippen LogP) is 1.93. The van der Waals surface area contributed by atoms with E-state index in [-0.39, 0.29) is 5.91 Å². The van der Waals surface area contributed by atoms with Crippen LogP contribution in [0.5, 0.6) is 0 Å². The Labute approximate surface area is 121 Å². The molecule has 108 valence electrons. The van der Waals surface area contributed by atoms with Crippen molar-refractivity contribution in [3.05, 3.63) is 30.1 Å². The number of aromatic nitrogens is 1. The number of amides is 1. The molecule has 0 bridgehead atoms. The van der Waals surface area contributed by atoms with Crippen LogP contribution in [0.25, 0.3) is 0 Å². The number of carbonyl (C=O) groups is 1. The Balaban J connectivity index is 2.38. The minimum Gasteiger partial charge on any atom is -0.341 e. The molecule has 0 spiro atoms. The Morgan fingerprint density at radius 1 is 1.20 bits per heavy atom. The van der Waals surface area contributed by atoms with Crippen LogP contribution >= 0.6 is 0 Å². The Hall–Kier alpha value is -1.86. The number of pyridine rings is 1. The third kappa shape index (κ3) is 5.41. The van der Waals surface area contributed by atoms with Gasteiger partial charge >= 0.3 is 0 Å². The van der Waals surface area contributed by atoms with Crippen LogP contribution < -0.4 is 5.32 Å². The number of rotatable bonds is 5. The van der Waals surface area contributed by atoms with Crippen molar-refractivity contribution in [1.82, 2.24) is 15.2 Å². The summed E-state index contributed by atoms with van der Waals surface area (Å²) in [7, 11) is 0. The number of nitrogens with zero attached hydrogens (tertiary/aromatic N) is 2. The van der Waals surface area contributed by atoms with Gasteiger partial charge in [-0.2, -0.15) is 0 Å². The summed E-state index contributed by atoms with van der Waals surface area (Å²) >= 11 is 0. The van der Waals surface area contributed by atoms with Crippen LogP contribution in [0.4, 0.5) is 0 Å². The van der Waals surface area contributed by atoms with Crippen LogP contribution in [0.3, 0.4) is 0 Å². The highest BCUT2D eigenvalue weighted by Crippen LogP contribution is 2.02. The van der Waals surface area contributed by atoms with E-state index in [4.69, 9.17) is 0 Å². The molecule has 1 rings (SSSR count). The second-order valence-corrected chi connectivity index (χ2v) is 5.13. The summed E-state index contributed by atoms with van der Waals surface area (Å²) < 4.78 is 0. The zero-order chi connectivity index (χ0) is 15.0. The van der Waals surface area contributed by atoms with Crippen molar-refractivity contribution < 1.29 is 4.79 Å². The van der Waals surface area contributed by atoms with Gasteiger partial charge in [0.15, 0.2) is 0 Å². The molecule has 0 saturated carbocycles. The lowest BCUT2D eigenvalue weighted by atomic mass is 10.2. The molecule has 1 heterocycles. The Morgan fingerprint density at radius 2 is 1.80 bits per heavy atom. The standard InChI is InChI=1S/C16H23N3O/c1-13(2)19(14(3)4)12-6-5-9-18-16(20)15-7-10-17-11-8-15/h7-8,10-11,13-14H,9,12H2,1-4H3,(H,18,20). The van der Waals surface area contributed by atoms with Gasteiger partial charge in [0.2, 0.25) is 0 Å². The van der Waals surface area contributed by atoms with Gasteiger partial charge < -0.3 is 5.32 Å². The minimum atomic E-state index is -0.119. The quantitative estimate of drug-likeness (QED) is 0.834. The molecular weight excluding hydrogens is 250 g/mol. The molecule has 4 heteroatoms. The fourth-order valence-corrected chi connectivity index (χ4v) is 1.90. The van der Waals surface area contributed by atoms with Gasteiger partial charge in [0, 0.05) is 30.0 Å². The van der Waals surface area contributed by atoms with E-state index < -0.39 is 0 Å². The molecule has 1 aromatic heterocycles. The molecule has 0 aliphatic heterocycles. The van der Waals surface area contributed by atoms with Crippen LogP contribution in [-0.2, 0) is 0 Å². The average Bonchev–Trinajstić information content (AvgIpc) is 2.42. The highest BCUT2D eigenvalue weighted by atomic mass is 16.1. The van der Waals surface area contributed by atoms with Crippen LogP contribution in [-0.4, -0.2) is 41.0 Å². The van der Waals surface area contributed by atoms with E-state index in [9.17, 15) is 4.79 Å². The lowest BCUT2D eigenvalue weighted by Crippen LogP contribution is -2.37. The Morgan fingerprint density at radius 3 is 2.35 bits per heavy atom. The first-order chi connectivity index (χ1) is 9.52. The van der Waals surface area contributed by atoms with Crippen LogP contribution in [0, 0.1) is 11.8 Å². The van der Waals surface area contributed by atoms with Crippen LogP contribution in [0.2, 0.25) is 0 Å². The van der Waals surface area contributed by atoms with Crippen molar-refractivity contribution in [2.24, 2.45) is 0 Å². The first-order valence-electron chi connectivity index (χ1n) is 6.92. The van der Waals surface area contributed by atoms with Crippen LogP contribution in [0.1, 0.15) is 38.1 Å². The van der Waals surface area contributed by atoms with E-state index in [0.29, 0.717) is 24.2 Å². The van der Waals surface area contributed by atoms with E-state index in [1.165, 1.54) is 0 Å². The molecule has 0 aromatic carbocycles. The van der Waals surface area contributed by atoms with E-state index in [1.54, 1.807) is 24.5 Å². The van der Waals surface area contributed by atoms with E-state index in [1.807, 2.05) is 0 Å². The summed E-state index contributed by atoms with van der Waals surface area (Å²) in [4.78, 5) is 17.9. The summed E-state index contributed by atoms with van der Waals surface area (Å²) in [6.07, 6.45) is 3.20. The molecule has 0 radical (unpaired) electrons. The van der Waals surface area contributed by atoms with Crippen molar-refractivity contribution in [2.45, 2.75) is 39.8 Å². The van der Waals surface area contributed by atoms with E-state index >= 15 is 0 Å². The molecule has 0 aliphatic carbocycles. The van der Waals surface area contributed by atoms with E-state index in [0.717, 1.165) is 6.54 Å². The Bertz CT molecular complexity index is 463. The van der Waals surface area contributed by atoms with Gasteiger partial charge in [-0.05, 0) is 39.8 Å². The van der Waals surface area contributed by atoms with Crippen molar-refractivity contribution in [1.29, 1.82) is 0 Å². The fourth-order valence-electron chi connectivity index (χ4n) is 1.90. The first kappa shape index (κ1) is 16.2. The van der Waals surface area contributed by atoms with Gasteiger partial charge in [-0.15, -0.1) is 0 Å². The normalized spacial score (nSPS) is 10.6. The second-order valence-electron chi connectivity index (χ2n) is 5.13. The maximum absolute atomic E-state index is 11.7. The van der Waals surface area contributed by atoms with E-state index in [2.05, 4.69) is 54.7 Å². The average molecular weight is 273 g/mol. The lowest BCUT2D eigenvalue weighted by molar-refractivity contribution is 0.0958. The van der Waals surface area contributed by atoms with Gasteiger partial charge in [0.1, 0.15) is 0 Å². The number of carbonyl (C=O) groups excluding carboxylic acids is 1. The van der Waals surface area contributed by atoms with Gasteiger partial charge in [-0.25, -0.2) is 0 Å². The molecule has 4 nitrogen and oxygen atoms in total. The SMILES string of the molecule is CC(C)N(CC#CCNC(=O)c1ccncc1)C(C)C. The monoisotopic (exact) mass is 273 g/mol. The topological polar surface area (TPSA) is 45.2 Å². The predicted molar refractivity (Wildman–Crippen MR) is 81.3 cm³/mol. The van der Waals surface area contributed by atoms with Crippen LogP contribution in [0.15, 0.2) is 24.5 Å². The zero-order valence-electron chi connectivity index (χ0n) is 12.7. The molecule has 0 fully saturated rings. The fraction of sp³-hybridized carbons (Fsp3) is 0.500. The molecule has 1 aromatic rings. The van der Waals surface area contributed by atoms with Gasteiger partial charge in [0.05, 0.1) is 13.1 Å². The summed E-state index contributed by atoms with van der Waals surface area (Å²) in [6, 6.07) is 4.30. The minimum absolute atomic E-state index is 0.119. The van der Waals surface area contributed by atoms with Gasteiger partial charge in [-0.1, -0.05) is 11.8 Å².